The van der Waals surface area contributed by atoms with E-state index < -0.39 is 23.3 Å². The number of aromatic nitrogens is 4. The first-order valence-electron chi connectivity index (χ1n) is 11.4. The van der Waals surface area contributed by atoms with Crippen LogP contribution in [0, 0.1) is 5.82 Å². The van der Waals surface area contributed by atoms with Gasteiger partial charge in [0.15, 0.2) is 11.6 Å². The summed E-state index contributed by atoms with van der Waals surface area (Å²) < 4.78 is 61.8. The van der Waals surface area contributed by atoms with E-state index in [2.05, 4.69) is 25.0 Å². The van der Waals surface area contributed by atoms with Crippen LogP contribution in [0.4, 0.5) is 23.5 Å². The van der Waals surface area contributed by atoms with Gasteiger partial charge in [-0.3, -0.25) is 9.12 Å². The Morgan fingerprint density at radius 1 is 1.03 bits per heavy atom. The number of aromatic hydroxyl groups is 1. The maximum Gasteiger partial charge on any atom is 0.416 e. The first-order valence-corrected chi connectivity index (χ1v) is 12.2. The third-order valence-corrected chi connectivity index (χ3v) is 6.35. The van der Waals surface area contributed by atoms with Crippen molar-refractivity contribution in [2.45, 2.75) is 17.5 Å². The van der Waals surface area contributed by atoms with E-state index in [9.17, 15) is 22.7 Å². The van der Waals surface area contributed by atoms with Crippen molar-refractivity contribution in [3.05, 3.63) is 78.6 Å². The zero-order valence-electron chi connectivity index (χ0n) is 19.5. The number of phenolic OH excluding ortho intramolecular Hbond substituents is 1. The number of imidazole rings is 1. The Morgan fingerprint density at radius 2 is 1.84 bits per heavy atom. The van der Waals surface area contributed by atoms with Crippen LogP contribution in [0.1, 0.15) is 12.0 Å². The largest absolute Gasteiger partial charge is 0.505 e. The molecule has 3 heterocycles. The highest BCUT2D eigenvalue weighted by atomic mass is 32.2. The molecule has 5 aromatic rings. The topological polar surface area (TPSA) is 101 Å². The van der Waals surface area contributed by atoms with Crippen LogP contribution < -0.4 is 10.0 Å². The molecule has 0 atom stereocenters. The normalized spacial score (nSPS) is 11.8. The number of nitrogens with one attached hydrogen (secondary N) is 2. The summed E-state index contributed by atoms with van der Waals surface area (Å²) in [6.07, 6.45) is 1.10. The molecule has 0 aliphatic heterocycles. The van der Waals surface area contributed by atoms with E-state index >= 15 is 0 Å². The Kier molecular flexibility index (Phi) is 7.20. The van der Waals surface area contributed by atoms with Crippen molar-refractivity contribution in [1.29, 1.82) is 0 Å². The Hall–Kier alpha value is -4.10. The fourth-order valence-corrected chi connectivity index (χ4v) is 4.36. The summed E-state index contributed by atoms with van der Waals surface area (Å²) in [5.41, 5.74) is 1.38. The van der Waals surface area contributed by atoms with Gasteiger partial charge in [-0.25, -0.2) is 14.4 Å². The summed E-state index contributed by atoms with van der Waals surface area (Å²) in [5, 5.41) is 13.0. The molecular weight excluding hydrogens is 524 g/mol. The standard InChI is InChI=1S/C25H20F4N6O2S/c26-18-7-2-15(14-20(18)36)21-22(35-12-13-37-24(35)34-21)19-8-11-31-23(33-19)30-9-1-10-32-38-17-5-3-16(4-6-17)25(27,28)29/h2-8,11-14,32,36H,1,9-10H2,(H,30,31,33). The third kappa shape index (κ3) is 5.58. The second-order valence-electron chi connectivity index (χ2n) is 8.10. The Bertz CT molecular complexity index is 1550. The van der Waals surface area contributed by atoms with Gasteiger partial charge in [0.1, 0.15) is 17.7 Å². The van der Waals surface area contributed by atoms with E-state index in [1.807, 2.05) is 0 Å². The highest BCUT2D eigenvalue weighted by Gasteiger charge is 2.30. The van der Waals surface area contributed by atoms with Gasteiger partial charge >= 0.3 is 12.0 Å². The van der Waals surface area contributed by atoms with Crippen LogP contribution in [0.25, 0.3) is 28.5 Å². The van der Waals surface area contributed by atoms with E-state index in [4.69, 9.17) is 4.42 Å². The smallest absolute Gasteiger partial charge is 0.416 e. The van der Waals surface area contributed by atoms with Crippen LogP contribution in [0.5, 0.6) is 5.75 Å². The van der Waals surface area contributed by atoms with E-state index in [-0.39, 0.29) is 0 Å². The number of oxazole rings is 1. The van der Waals surface area contributed by atoms with Gasteiger partial charge in [0.05, 0.1) is 11.3 Å². The molecular formula is C25H20F4N6O2S. The molecule has 13 heteroatoms. The molecule has 0 radical (unpaired) electrons. The second-order valence-corrected chi connectivity index (χ2v) is 9.06. The fourth-order valence-electron chi connectivity index (χ4n) is 3.67. The van der Waals surface area contributed by atoms with Gasteiger partial charge in [0, 0.05) is 35.9 Å². The monoisotopic (exact) mass is 544 g/mol. The fraction of sp³-hybridized carbons (Fsp3) is 0.160. The molecule has 5 rings (SSSR count). The summed E-state index contributed by atoms with van der Waals surface area (Å²) in [7, 11) is 0. The minimum Gasteiger partial charge on any atom is -0.505 e. The van der Waals surface area contributed by atoms with Crippen molar-refractivity contribution in [1.82, 2.24) is 24.1 Å². The summed E-state index contributed by atoms with van der Waals surface area (Å²) in [5.74, 6) is -0.542. The van der Waals surface area contributed by atoms with E-state index in [1.165, 1.54) is 42.5 Å². The minimum atomic E-state index is -4.35. The van der Waals surface area contributed by atoms with Crippen molar-refractivity contribution in [3.8, 4) is 28.4 Å². The van der Waals surface area contributed by atoms with Gasteiger partial charge in [0.2, 0.25) is 5.95 Å². The quantitative estimate of drug-likeness (QED) is 0.118. The molecule has 3 aromatic heterocycles. The number of phenols is 1. The summed E-state index contributed by atoms with van der Waals surface area (Å²) in [6, 6.07) is 10.6. The molecule has 196 valence electrons. The van der Waals surface area contributed by atoms with Crippen LogP contribution in [0.15, 0.2) is 76.5 Å². The number of hydrogen-bond donors (Lipinski definition) is 3. The van der Waals surface area contributed by atoms with Crippen molar-refractivity contribution in [3.63, 3.8) is 0 Å². The van der Waals surface area contributed by atoms with Crippen LogP contribution in [-0.2, 0) is 6.18 Å². The average molecular weight is 545 g/mol. The molecule has 0 unspecified atom stereocenters. The van der Waals surface area contributed by atoms with E-state index in [0.717, 1.165) is 18.2 Å². The van der Waals surface area contributed by atoms with Crippen molar-refractivity contribution < 1.29 is 27.1 Å². The van der Waals surface area contributed by atoms with Gasteiger partial charge < -0.3 is 14.8 Å². The van der Waals surface area contributed by atoms with Crippen LogP contribution in [0.3, 0.4) is 0 Å². The molecule has 0 aliphatic carbocycles. The zero-order valence-corrected chi connectivity index (χ0v) is 20.4. The maximum atomic E-state index is 13.6. The maximum absolute atomic E-state index is 13.6. The number of alkyl halides is 3. The van der Waals surface area contributed by atoms with Gasteiger partial charge in [-0.1, -0.05) is 0 Å². The molecule has 8 nitrogen and oxygen atoms in total. The molecule has 0 spiro atoms. The first kappa shape index (κ1) is 25.5. The van der Waals surface area contributed by atoms with Gasteiger partial charge in [-0.05, 0) is 66.9 Å². The predicted octanol–water partition coefficient (Wildman–Crippen LogP) is 6.01. The number of nitrogens with zero attached hydrogens (tertiary/aromatic N) is 4. The second kappa shape index (κ2) is 10.7. The lowest BCUT2D eigenvalue weighted by Gasteiger charge is -2.09. The van der Waals surface area contributed by atoms with Crippen LogP contribution in [-0.4, -0.2) is 37.5 Å². The Labute approximate surface area is 217 Å². The Morgan fingerprint density at radius 3 is 2.61 bits per heavy atom. The minimum absolute atomic E-state index is 0.309. The average Bonchev–Trinajstić information content (AvgIpc) is 3.49. The van der Waals surface area contributed by atoms with Crippen LogP contribution >= 0.6 is 11.9 Å². The van der Waals surface area contributed by atoms with Crippen molar-refractivity contribution >= 4 is 23.7 Å². The highest BCUT2D eigenvalue weighted by Crippen LogP contribution is 2.34. The van der Waals surface area contributed by atoms with Gasteiger partial charge in [-0.15, -0.1) is 0 Å². The molecule has 0 bridgehead atoms. The number of hydrogen-bond acceptors (Lipinski definition) is 8. The van der Waals surface area contributed by atoms with Gasteiger partial charge in [-0.2, -0.15) is 18.2 Å². The number of fused-ring (bicyclic) bond motifs is 1. The van der Waals surface area contributed by atoms with Crippen LogP contribution in [0.2, 0.25) is 0 Å². The molecule has 0 saturated heterocycles. The molecule has 3 N–H and O–H groups in total. The van der Waals surface area contributed by atoms with Gasteiger partial charge in [0.25, 0.3) is 0 Å². The number of benzene rings is 2. The predicted molar refractivity (Wildman–Crippen MR) is 134 cm³/mol. The molecule has 0 fully saturated rings. The van der Waals surface area contributed by atoms with Crippen molar-refractivity contribution in [2.24, 2.45) is 0 Å². The third-order valence-electron chi connectivity index (χ3n) is 5.49. The van der Waals surface area contributed by atoms with E-state index in [1.54, 1.807) is 22.9 Å². The van der Waals surface area contributed by atoms with E-state index in [0.29, 0.717) is 58.8 Å². The zero-order chi connectivity index (χ0) is 26.7. The molecule has 0 aliphatic rings. The highest BCUT2D eigenvalue weighted by molar-refractivity contribution is 7.97. The molecule has 38 heavy (non-hydrogen) atoms. The number of rotatable bonds is 9. The summed E-state index contributed by atoms with van der Waals surface area (Å²) in [6.45, 7) is 1.13. The number of anilines is 1. The molecule has 0 saturated carbocycles. The lowest BCUT2D eigenvalue weighted by Crippen LogP contribution is -2.13. The Balaban J connectivity index is 1.21. The lowest BCUT2D eigenvalue weighted by molar-refractivity contribution is -0.137. The van der Waals surface area contributed by atoms with Crippen molar-refractivity contribution in [2.75, 3.05) is 18.4 Å². The lowest BCUT2D eigenvalue weighted by atomic mass is 10.1. The SMILES string of the molecule is Oc1cc(-c2nc3occn3c2-c2ccnc(NCCCNSc3ccc(C(F)(F)F)cc3)n2)ccc1F. The first-order chi connectivity index (χ1) is 18.3. The molecule has 0 amide bonds. The number of halogens is 4. The summed E-state index contributed by atoms with van der Waals surface area (Å²) >= 11 is 1.25. The summed E-state index contributed by atoms with van der Waals surface area (Å²) in [4.78, 5) is 14.0. The molecule has 2 aromatic carbocycles.